The molecule has 6 nitrogen and oxygen atoms in total. The van der Waals surface area contributed by atoms with Gasteiger partial charge in [0.25, 0.3) is 0 Å². The maximum Gasteiger partial charge on any atom is 0.335 e. The molecule has 31 heavy (non-hydrogen) atoms. The van der Waals surface area contributed by atoms with Crippen molar-refractivity contribution in [2.45, 2.75) is 38.8 Å². The van der Waals surface area contributed by atoms with E-state index in [1.807, 2.05) is 31.3 Å². The van der Waals surface area contributed by atoms with Crippen LogP contribution < -0.4 is 9.64 Å². The molecule has 1 fully saturated rings. The van der Waals surface area contributed by atoms with Crippen LogP contribution in [0.5, 0.6) is 5.75 Å². The highest BCUT2D eigenvalue weighted by molar-refractivity contribution is 5.89. The van der Waals surface area contributed by atoms with Gasteiger partial charge in [0.1, 0.15) is 5.75 Å². The Balaban J connectivity index is 1.75. The van der Waals surface area contributed by atoms with Gasteiger partial charge in [0.2, 0.25) is 0 Å². The number of aromatic amines is 1. The van der Waals surface area contributed by atoms with Crippen LogP contribution in [0.15, 0.2) is 36.5 Å². The van der Waals surface area contributed by atoms with Gasteiger partial charge in [-0.25, -0.2) is 4.79 Å². The fraction of sp³-hybridized carbons (Fsp3) is 0.400. The maximum absolute atomic E-state index is 11.5. The first-order valence-corrected chi connectivity index (χ1v) is 10.8. The van der Waals surface area contributed by atoms with Crippen LogP contribution in [0.1, 0.15) is 52.4 Å². The van der Waals surface area contributed by atoms with Gasteiger partial charge in [-0.1, -0.05) is 12.5 Å². The van der Waals surface area contributed by atoms with E-state index in [0.717, 1.165) is 42.9 Å². The van der Waals surface area contributed by atoms with E-state index in [2.05, 4.69) is 28.9 Å². The molecule has 0 bridgehead atoms. The van der Waals surface area contributed by atoms with E-state index in [0.29, 0.717) is 5.56 Å². The number of carboxylic acid groups (broad SMARTS) is 1. The number of hydrogen-bond donors (Lipinski definition) is 2. The van der Waals surface area contributed by atoms with Crippen molar-refractivity contribution < 1.29 is 14.6 Å². The quantitative estimate of drug-likeness (QED) is 0.588. The van der Waals surface area contributed by atoms with Gasteiger partial charge < -0.3 is 19.7 Å². The molecule has 0 amide bonds. The van der Waals surface area contributed by atoms with Crippen LogP contribution in [0.25, 0.3) is 10.9 Å². The number of hydrogen-bond acceptors (Lipinski definition) is 4. The van der Waals surface area contributed by atoms with E-state index in [4.69, 9.17) is 4.74 Å². The Morgan fingerprint density at radius 2 is 2.06 bits per heavy atom. The number of aromatic nitrogens is 1. The minimum atomic E-state index is -0.894. The van der Waals surface area contributed by atoms with Gasteiger partial charge in [-0.2, -0.15) is 0 Å². The Hall–Kier alpha value is -2.99. The second kappa shape index (κ2) is 8.63. The van der Waals surface area contributed by atoms with Crippen LogP contribution in [0.4, 0.5) is 5.69 Å². The molecule has 2 N–H and O–H groups in total. The number of nitrogens with zero attached hydrogens (tertiary/aromatic N) is 2. The molecule has 0 radical (unpaired) electrons. The van der Waals surface area contributed by atoms with Crippen molar-refractivity contribution in [2.24, 2.45) is 0 Å². The molecule has 0 saturated carbocycles. The number of anilines is 1. The fourth-order valence-corrected chi connectivity index (χ4v) is 4.86. The van der Waals surface area contributed by atoms with Gasteiger partial charge in [0.15, 0.2) is 0 Å². The molecule has 1 aromatic heterocycles. The number of H-pyrrole nitrogens is 1. The molecule has 3 aromatic rings. The highest BCUT2D eigenvalue weighted by Gasteiger charge is 2.28. The zero-order valence-corrected chi connectivity index (χ0v) is 18.7. The van der Waals surface area contributed by atoms with Gasteiger partial charge in [0, 0.05) is 55.0 Å². The normalized spacial score (nSPS) is 17.1. The lowest BCUT2D eigenvalue weighted by Crippen LogP contribution is -2.34. The summed E-state index contributed by atoms with van der Waals surface area (Å²) in [7, 11) is 5.69. The summed E-state index contributed by atoms with van der Waals surface area (Å²) in [6, 6.07) is 10.00. The fourth-order valence-electron chi connectivity index (χ4n) is 4.86. The number of fused-ring (bicyclic) bond motifs is 1. The molecule has 4 rings (SSSR count). The molecule has 2 heterocycles. The van der Waals surface area contributed by atoms with Crippen LogP contribution in [-0.2, 0) is 6.54 Å². The topological polar surface area (TPSA) is 68.8 Å². The monoisotopic (exact) mass is 421 g/mol. The molecule has 0 aliphatic carbocycles. The van der Waals surface area contributed by atoms with Crippen molar-refractivity contribution in [3.05, 3.63) is 58.8 Å². The van der Waals surface area contributed by atoms with E-state index < -0.39 is 5.97 Å². The van der Waals surface area contributed by atoms with Crippen molar-refractivity contribution in [3.8, 4) is 5.75 Å². The third-order valence-electron chi connectivity index (χ3n) is 6.42. The SMILES string of the molecule is COc1cc(C)c2[nH]ccc2c1CN1CCCC[C@@H]1c1ccc(C(=O)O)cc1N(C)C. The molecule has 0 spiro atoms. The summed E-state index contributed by atoms with van der Waals surface area (Å²) >= 11 is 0. The Morgan fingerprint density at radius 1 is 1.26 bits per heavy atom. The van der Waals surface area contributed by atoms with E-state index >= 15 is 0 Å². The van der Waals surface area contributed by atoms with Crippen molar-refractivity contribution in [1.29, 1.82) is 0 Å². The standard InChI is InChI=1S/C25H31N3O3/c1-16-13-23(31-4)20(18-10-11-26-24(16)18)15-28-12-6-5-7-21(28)19-9-8-17(25(29)30)14-22(19)27(2)3/h8-11,13-14,21,26H,5-7,12,15H2,1-4H3,(H,29,30)/t21-/m1/s1. The number of benzene rings is 2. The highest BCUT2D eigenvalue weighted by Crippen LogP contribution is 2.40. The summed E-state index contributed by atoms with van der Waals surface area (Å²) in [5, 5.41) is 10.7. The number of methoxy groups -OCH3 is 1. The zero-order chi connectivity index (χ0) is 22.1. The van der Waals surface area contributed by atoms with Crippen LogP contribution in [0, 0.1) is 6.92 Å². The first-order chi connectivity index (χ1) is 14.9. The zero-order valence-electron chi connectivity index (χ0n) is 18.7. The number of rotatable bonds is 6. The van der Waals surface area contributed by atoms with Crippen LogP contribution in [0.2, 0.25) is 0 Å². The molecular formula is C25H31N3O3. The molecule has 1 aliphatic rings. The highest BCUT2D eigenvalue weighted by atomic mass is 16.5. The van der Waals surface area contributed by atoms with Gasteiger partial charge >= 0.3 is 5.97 Å². The molecule has 1 aliphatic heterocycles. The lowest BCUT2D eigenvalue weighted by Gasteiger charge is -2.38. The Labute approximate surface area is 183 Å². The maximum atomic E-state index is 11.5. The van der Waals surface area contributed by atoms with Gasteiger partial charge in [-0.15, -0.1) is 0 Å². The summed E-state index contributed by atoms with van der Waals surface area (Å²) in [5.41, 5.74) is 6.01. The molecule has 2 aromatic carbocycles. The third kappa shape index (κ3) is 4.00. The Morgan fingerprint density at radius 3 is 2.77 bits per heavy atom. The summed E-state index contributed by atoms with van der Waals surface area (Å²) in [6.45, 7) is 3.89. The molecule has 6 heteroatoms. The van der Waals surface area contributed by atoms with Crippen LogP contribution in [-0.4, -0.2) is 48.7 Å². The number of aryl methyl sites for hydroxylation is 1. The van der Waals surface area contributed by atoms with Crippen LogP contribution in [0.3, 0.4) is 0 Å². The number of nitrogens with one attached hydrogen (secondary N) is 1. The van der Waals surface area contributed by atoms with E-state index in [1.54, 1.807) is 19.2 Å². The van der Waals surface area contributed by atoms with Gasteiger partial charge in [0.05, 0.1) is 12.7 Å². The summed E-state index contributed by atoms with van der Waals surface area (Å²) in [4.78, 5) is 19.4. The lowest BCUT2D eigenvalue weighted by molar-refractivity contribution is 0.0696. The number of aromatic carboxylic acids is 1. The van der Waals surface area contributed by atoms with Crippen molar-refractivity contribution in [2.75, 3.05) is 32.6 Å². The number of ether oxygens (including phenoxy) is 1. The number of carbonyl (C=O) groups is 1. The summed E-state index contributed by atoms with van der Waals surface area (Å²) < 4.78 is 5.78. The number of carboxylic acids is 1. The Kier molecular flexibility index (Phi) is 5.92. The largest absolute Gasteiger partial charge is 0.496 e. The number of likely N-dealkylation sites (tertiary alicyclic amines) is 1. The second-order valence-corrected chi connectivity index (χ2v) is 8.60. The molecule has 164 valence electrons. The van der Waals surface area contributed by atoms with E-state index in [-0.39, 0.29) is 6.04 Å². The summed E-state index contributed by atoms with van der Waals surface area (Å²) in [5.74, 6) is 0.0253. The van der Waals surface area contributed by atoms with Crippen molar-refractivity contribution >= 4 is 22.6 Å². The van der Waals surface area contributed by atoms with E-state index in [1.165, 1.54) is 28.5 Å². The first kappa shape index (κ1) is 21.2. The average Bonchev–Trinajstić information content (AvgIpc) is 3.26. The smallest absolute Gasteiger partial charge is 0.335 e. The van der Waals surface area contributed by atoms with Crippen molar-refractivity contribution in [1.82, 2.24) is 9.88 Å². The van der Waals surface area contributed by atoms with E-state index in [9.17, 15) is 9.90 Å². The second-order valence-electron chi connectivity index (χ2n) is 8.60. The molecule has 1 atom stereocenters. The number of piperidine rings is 1. The van der Waals surface area contributed by atoms with Gasteiger partial charge in [-0.05, 0) is 61.7 Å². The predicted molar refractivity (Wildman–Crippen MR) is 124 cm³/mol. The van der Waals surface area contributed by atoms with Crippen LogP contribution >= 0.6 is 0 Å². The predicted octanol–water partition coefficient (Wildman–Crippen LogP) is 4.98. The minimum Gasteiger partial charge on any atom is -0.496 e. The Bertz CT molecular complexity index is 1100. The molecule has 1 saturated heterocycles. The van der Waals surface area contributed by atoms with Gasteiger partial charge in [-0.3, -0.25) is 4.90 Å². The van der Waals surface area contributed by atoms with Crippen molar-refractivity contribution in [3.63, 3.8) is 0 Å². The molecule has 0 unspecified atom stereocenters. The average molecular weight is 422 g/mol. The first-order valence-electron chi connectivity index (χ1n) is 10.8. The third-order valence-corrected chi connectivity index (χ3v) is 6.42. The lowest BCUT2D eigenvalue weighted by atomic mass is 9.91. The molecular weight excluding hydrogens is 390 g/mol. The minimum absolute atomic E-state index is 0.231. The summed E-state index contributed by atoms with van der Waals surface area (Å²) in [6.07, 6.45) is 5.37.